The van der Waals surface area contributed by atoms with Crippen LogP contribution in [0.4, 0.5) is 5.69 Å². The van der Waals surface area contributed by atoms with E-state index in [9.17, 15) is 18.5 Å². The summed E-state index contributed by atoms with van der Waals surface area (Å²) in [7, 11) is -3.96. The van der Waals surface area contributed by atoms with E-state index < -0.39 is 20.6 Å². The van der Waals surface area contributed by atoms with Crippen LogP contribution in [-0.4, -0.2) is 41.8 Å². The van der Waals surface area contributed by atoms with E-state index in [4.69, 9.17) is 4.74 Å². The smallest absolute Gasteiger partial charge is 0.289 e. The maximum absolute atomic E-state index is 12.8. The van der Waals surface area contributed by atoms with Gasteiger partial charge in [0.1, 0.15) is 6.10 Å². The lowest BCUT2D eigenvalue weighted by molar-refractivity contribution is -0.387. The third kappa shape index (κ3) is 3.62. The number of aromatic nitrogens is 1. The Balaban J connectivity index is 1.78. The number of nitro benzene ring substituents is 1. The first-order chi connectivity index (χ1) is 11.9. The summed E-state index contributed by atoms with van der Waals surface area (Å²) in [4.78, 5) is 14.4. The van der Waals surface area contributed by atoms with Crippen LogP contribution >= 0.6 is 0 Å². The molecule has 0 amide bonds. The summed E-state index contributed by atoms with van der Waals surface area (Å²) in [5.41, 5.74) is 0.382. The zero-order valence-corrected chi connectivity index (χ0v) is 14.3. The molecule has 0 aliphatic carbocycles. The molecule has 1 aromatic heterocycles. The third-order valence-electron chi connectivity index (χ3n) is 3.94. The Morgan fingerprint density at radius 2 is 2.00 bits per heavy atom. The third-order valence-corrected chi connectivity index (χ3v) is 5.85. The summed E-state index contributed by atoms with van der Waals surface area (Å²) in [5, 5.41) is 11.1. The minimum absolute atomic E-state index is 0.129. The highest BCUT2D eigenvalue weighted by molar-refractivity contribution is 7.89. The fourth-order valence-corrected chi connectivity index (χ4v) is 4.38. The molecule has 1 fully saturated rings. The predicted molar refractivity (Wildman–Crippen MR) is 89.9 cm³/mol. The quantitative estimate of drug-likeness (QED) is 0.596. The van der Waals surface area contributed by atoms with Crippen LogP contribution in [-0.2, 0) is 10.0 Å². The monoisotopic (exact) mass is 363 g/mol. The fraction of sp³-hybridized carbons (Fsp3) is 0.312. The number of hydrogen-bond donors (Lipinski definition) is 0. The number of nitrogens with zero attached hydrogens (tertiary/aromatic N) is 3. The molecule has 0 spiro atoms. The van der Waals surface area contributed by atoms with Crippen LogP contribution < -0.4 is 4.74 Å². The van der Waals surface area contributed by atoms with E-state index in [2.05, 4.69) is 4.98 Å². The summed E-state index contributed by atoms with van der Waals surface area (Å²) in [6.07, 6.45) is 0.155. The van der Waals surface area contributed by atoms with Gasteiger partial charge in [0.25, 0.3) is 5.69 Å². The van der Waals surface area contributed by atoms with Gasteiger partial charge in [0, 0.05) is 24.4 Å². The van der Waals surface area contributed by atoms with E-state index in [-0.39, 0.29) is 24.1 Å². The first-order valence-electron chi connectivity index (χ1n) is 7.72. The minimum atomic E-state index is -3.96. The lowest BCUT2D eigenvalue weighted by Crippen LogP contribution is -2.31. The van der Waals surface area contributed by atoms with E-state index in [0.717, 1.165) is 5.69 Å². The molecule has 1 aliphatic heterocycles. The van der Waals surface area contributed by atoms with Gasteiger partial charge in [-0.3, -0.25) is 10.1 Å². The average Bonchev–Trinajstić information content (AvgIpc) is 3.04. The average molecular weight is 363 g/mol. The topological polar surface area (TPSA) is 103 Å². The van der Waals surface area contributed by atoms with Gasteiger partial charge in [0.2, 0.25) is 15.9 Å². The highest BCUT2D eigenvalue weighted by Gasteiger charge is 2.37. The van der Waals surface area contributed by atoms with Crippen molar-refractivity contribution in [1.82, 2.24) is 9.29 Å². The lowest BCUT2D eigenvalue weighted by Gasteiger charge is -2.17. The number of hydrogen-bond acceptors (Lipinski definition) is 6. The van der Waals surface area contributed by atoms with Crippen LogP contribution in [0.2, 0.25) is 0 Å². The van der Waals surface area contributed by atoms with Crippen molar-refractivity contribution >= 4 is 15.7 Å². The molecule has 2 heterocycles. The maximum atomic E-state index is 12.8. The standard InChI is InChI=1S/C16H17N3O5S/c1-12-5-4-8-16(17-12)24-13-9-10-18(11-13)25(22,23)15-7-3-2-6-14(15)19(20)21/h2-8,13H,9-11H2,1H3. The summed E-state index contributed by atoms with van der Waals surface area (Å²) in [6.45, 7) is 2.21. The number of sulfonamides is 1. The van der Waals surface area contributed by atoms with Crippen LogP contribution in [0.1, 0.15) is 12.1 Å². The number of para-hydroxylation sites is 1. The number of pyridine rings is 1. The summed E-state index contributed by atoms with van der Waals surface area (Å²) >= 11 is 0. The van der Waals surface area contributed by atoms with Crippen molar-refractivity contribution in [3.8, 4) is 5.88 Å². The number of nitro groups is 1. The number of benzene rings is 1. The van der Waals surface area contributed by atoms with Gasteiger partial charge in [-0.1, -0.05) is 18.2 Å². The van der Waals surface area contributed by atoms with Gasteiger partial charge in [0.15, 0.2) is 4.90 Å². The molecular weight excluding hydrogens is 346 g/mol. The zero-order valence-electron chi connectivity index (χ0n) is 13.5. The van der Waals surface area contributed by atoms with Gasteiger partial charge in [-0.05, 0) is 25.5 Å². The minimum Gasteiger partial charge on any atom is -0.473 e. The highest BCUT2D eigenvalue weighted by Crippen LogP contribution is 2.29. The molecule has 1 saturated heterocycles. The van der Waals surface area contributed by atoms with Crippen LogP contribution in [0.15, 0.2) is 47.4 Å². The van der Waals surface area contributed by atoms with Crippen LogP contribution in [0.3, 0.4) is 0 Å². The SMILES string of the molecule is Cc1cccc(OC2CCN(S(=O)(=O)c3ccccc3[N+](=O)[O-])C2)n1. The molecule has 0 N–H and O–H groups in total. The normalized spacial score (nSPS) is 18.2. The van der Waals surface area contributed by atoms with Gasteiger partial charge < -0.3 is 4.74 Å². The van der Waals surface area contributed by atoms with Gasteiger partial charge in [-0.25, -0.2) is 13.4 Å². The Bertz CT molecular complexity index is 900. The van der Waals surface area contributed by atoms with E-state index in [1.165, 1.54) is 28.6 Å². The lowest BCUT2D eigenvalue weighted by atomic mass is 10.3. The first-order valence-corrected chi connectivity index (χ1v) is 9.16. The van der Waals surface area contributed by atoms with Crippen molar-refractivity contribution in [1.29, 1.82) is 0 Å². The van der Waals surface area contributed by atoms with E-state index in [1.807, 2.05) is 19.1 Å². The molecule has 8 nitrogen and oxygen atoms in total. The molecule has 0 saturated carbocycles. The number of ether oxygens (including phenoxy) is 1. The number of rotatable bonds is 5. The van der Waals surface area contributed by atoms with Crippen molar-refractivity contribution in [2.45, 2.75) is 24.3 Å². The Hall–Kier alpha value is -2.52. The molecule has 1 aliphatic rings. The highest BCUT2D eigenvalue weighted by atomic mass is 32.2. The van der Waals surface area contributed by atoms with Crippen molar-refractivity contribution in [3.63, 3.8) is 0 Å². The first kappa shape index (κ1) is 17.3. The largest absolute Gasteiger partial charge is 0.473 e. The zero-order chi connectivity index (χ0) is 18.0. The van der Waals surface area contributed by atoms with Gasteiger partial charge >= 0.3 is 0 Å². The second kappa shape index (κ2) is 6.77. The Labute approximate surface area is 145 Å². The molecule has 1 unspecified atom stereocenters. The number of aryl methyl sites for hydroxylation is 1. The van der Waals surface area contributed by atoms with Crippen molar-refractivity contribution in [2.24, 2.45) is 0 Å². The van der Waals surface area contributed by atoms with Gasteiger partial charge in [0.05, 0.1) is 11.5 Å². The molecule has 0 radical (unpaired) electrons. The second-order valence-corrected chi connectivity index (χ2v) is 7.64. The summed E-state index contributed by atoms with van der Waals surface area (Å²) < 4.78 is 32.5. The molecule has 1 atom stereocenters. The molecular formula is C16H17N3O5S. The Morgan fingerprint density at radius 3 is 2.72 bits per heavy atom. The van der Waals surface area contributed by atoms with E-state index >= 15 is 0 Å². The summed E-state index contributed by atoms with van der Waals surface area (Å²) in [6, 6.07) is 10.7. The molecule has 132 valence electrons. The van der Waals surface area contributed by atoms with Crippen molar-refractivity contribution in [3.05, 3.63) is 58.3 Å². The molecule has 25 heavy (non-hydrogen) atoms. The van der Waals surface area contributed by atoms with Crippen LogP contribution in [0, 0.1) is 17.0 Å². The predicted octanol–water partition coefficient (Wildman–Crippen LogP) is 2.14. The Kier molecular flexibility index (Phi) is 4.69. The van der Waals surface area contributed by atoms with Crippen molar-refractivity contribution in [2.75, 3.05) is 13.1 Å². The Morgan fingerprint density at radius 1 is 1.24 bits per heavy atom. The van der Waals surface area contributed by atoms with Gasteiger partial charge in [-0.2, -0.15) is 4.31 Å². The fourth-order valence-electron chi connectivity index (χ4n) is 2.73. The summed E-state index contributed by atoms with van der Waals surface area (Å²) in [5.74, 6) is 0.440. The molecule has 1 aromatic carbocycles. The molecule has 9 heteroatoms. The van der Waals surface area contributed by atoms with Crippen LogP contribution in [0.25, 0.3) is 0 Å². The molecule has 0 bridgehead atoms. The van der Waals surface area contributed by atoms with Crippen LogP contribution in [0.5, 0.6) is 5.88 Å². The second-order valence-electron chi connectivity index (χ2n) is 5.73. The molecule has 3 rings (SSSR count). The van der Waals surface area contributed by atoms with Gasteiger partial charge in [-0.15, -0.1) is 0 Å². The maximum Gasteiger partial charge on any atom is 0.289 e. The van der Waals surface area contributed by atoms with E-state index in [1.54, 1.807) is 6.07 Å². The van der Waals surface area contributed by atoms with Crippen molar-refractivity contribution < 1.29 is 18.1 Å². The van der Waals surface area contributed by atoms with E-state index in [0.29, 0.717) is 12.3 Å². The molecule has 2 aromatic rings.